The lowest BCUT2D eigenvalue weighted by molar-refractivity contribution is -0.125. The Balaban J connectivity index is 2.90. The lowest BCUT2D eigenvalue weighted by Crippen LogP contribution is -2.39. The number of hydrogen-bond donors (Lipinski definition) is 3. The predicted octanol–water partition coefficient (Wildman–Crippen LogP) is 0.118. The molecule has 0 aromatic heterocycles. The Morgan fingerprint density at radius 3 is 2.28 bits per heavy atom. The topological polar surface area (TPSA) is 109 Å². The second-order valence-electron chi connectivity index (χ2n) is 3.38. The molecule has 0 radical (unpaired) electrons. The lowest BCUT2D eigenvalue weighted by atomic mass is 10.3. The standard InChI is InChI=1S/C9H10Cl2N2O4S/c10-5-1-6(11)3-7(2-5)18(16,17)13-4-8(14)9(12)15/h1-3,8,13-14H,4H2,(H2,12,15). The van der Waals surface area contributed by atoms with Gasteiger partial charge in [-0.15, -0.1) is 0 Å². The van der Waals surface area contributed by atoms with E-state index in [-0.39, 0.29) is 14.9 Å². The van der Waals surface area contributed by atoms with Crippen LogP contribution in [0.5, 0.6) is 0 Å². The number of amides is 1. The van der Waals surface area contributed by atoms with Crippen molar-refractivity contribution in [1.82, 2.24) is 4.72 Å². The molecule has 6 nitrogen and oxygen atoms in total. The minimum atomic E-state index is -3.92. The van der Waals surface area contributed by atoms with Crippen LogP contribution >= 0.6 is 23.2 Å². The summed E-state index contributed by atoms with van der Waals surface area (Å²) in [5, 5.41) is 9.39. The maximum absolute atomic E-state index is 11.8. The Morgan fingerprint density at radius 1 is 1.33 bits per heavy atom. The van der Waals surface area contributed by atoms with E-state index in [4.69, 9.17) is 34.0 Å². The number of aliphatic hydroxyl groups excluding tert-OH is 1. The summed E-state index contributed by atoms with van der Waals surface area (Å²) >= 11 is 11.3. The van der Waals surface area contributed by atoms with E-state index < -0.39 is 28.6 Å². The quantitative estimate of drug-likeness (QED) is 0.717. The molecular weight excluding hydrogens is 303 g/mol. The van der Waals surface area contributed by atoms with E-state index in [0.717, 1.165) is 0 Å². The highest BCUT2D eigenvalue weighted by Gasteiger charge is 2.19. The minimum absolute atomic E-state index is 0.151. The lowest BCUT2D eigenvalue weighted by Gasteiger charge is -2.10. The molecule has 9 heteroatoms. The van der Waals surface area contributed by atoms with Crippen molar-refractivity contribution >= 4 is 39.1 Å². The fraction of sp³-hybridized carbons (Fsp3) is 0.222. The van der Waals surface area contributed by atoms with Crippen molar-refractivity contribution in [3.05, 3.63) is 28.2 Å². The molecule has 1 aromatic carbocycles. The number of aliphatic hydroxyl groups is 1. The molecule has 0 spiro atoms. The second-order valence-corrected chi connectivity index (χ2v) is 6.02. The molecule has 0 fully saturated rings. The maximum Gasteiger partial charge on any atom is 0.247 e. The smallest absolute Gasteiger partial charge is 0.247 e. The van der Waals surface area contributed by atoms with E-state index in [2.05, 4.69) is 0 Å². The fourth-order valence-electron chi connectivity index (χ4n) is 1.06. The van der Waals surface area contributed by atoms with Gasteiger partial charge in [0, 0.05) is 16.6 Å². The Kier molecular flexibility index (Phi) is 4.94. The second kappa shape index (κ2) is 5.85. The van der Waals surface area contributed by atoms with Crippen molar-refractivity contribution in [3.63, 3.8) is 0 Å². The number of nitrogens with two attached hydrogens (primary N) is 1. The van der Waals surface area contributed by atoms with Crippen molar-refractivity contribution in [1.29, 1.82) is 0 Å². The number of nitrogens with one attached hydrogen (secondary N) is 1. The zero-order chi connectivity index (χ0) is 13.9. The van der Waals surface area contributed by atoms with Gasteiger partial charge in [0.1, 0.15) is 6.10 Å². The first-order valence-electron chi connectivity index (χ1n) is 4.65. The zero-order valence-electron chi connectivity index (χ0n) is 8.93. The molecule has 0 aliphatic rings. The summed E-state index contributed by atoms with van der Waals surface area (Å²) in [6, 6.07) is 3.75. The van der Waals surface area contributed by atoms with E-state index in [1.165, 1.54) is 18.2 Å². The molecule has 4 N–H and O–H groups in total. The zero-order valence-corrected chi connectivity index (χ0v) is 11.3. The summed E-state index contributed by atoms with van der Waals surface area (Å²) in [5.41, 5.74) is 4.79. The molecule has 1 aromatic rings. The fourth-order valence-corrected chi connectivity index (χ4v) is 2.82. The Morgan fingerprint density at radius 2 is 1.83 bits per heavy atom. The number of sulfonamides is 1. The highest BCUT2D eigenvalue weighted by molar-refractivity contribution is 7.89. The maximum atomic E-state index is 11.8. The summed E-state index contributed by atoms with van der Waals surface area (Å²) in [6.07, 6.45) is -1.60. The van der Waals surface area contributed by atoms with Crippen LogP contribution in [-0.4, -0.2) is 32.1 Å². The first kappa shape index (κ1) is 15.2. The van der Waals surface area contributed by atoms with Gasteiger partial charge in [-0.3, -0.25) is 4.79 Å². The molecule has 0 heterocycles. The molecule has 0 saturated heterocycles. The average molecular weight is 313 g/mol. The number of rotatable bonds is 5. The SMILES string of the molecule is NC(=O)C(O)CNS(=O)(=O)c1cc(Cl)cc(Cl)c1. The van der Waals surface area contributed by atoms with Crippen molar-refractivity contribution in [2.45, 2.75) is 11.0 Å². The first-order valence-corrected chi connectivity index (χ1v) is 6.89. The van der Waals surface area contributed by atoms with Gasteiger partial charge >= 0.3 is 0 Å². The van der Waals surface area contributed by atoms with Gasteiger partial charge in [0.15, 0.2) is 0 Å². The van der Waals surface area contributed by atoms with E-state index in [1.807, 2.05) is 4.72 Å². The van der Waals surface area contributed by atoms with Crippen molar-refractivity contribution in [3.8, 4) is 0 Å². The van der Waals surface area contributed by atoms with Crippen LogP contribution in [-0.2, 0) is 14.8 Å². The number of carbonyl (C=O) groups excluding carboxylic acids is 1. The van der Waals surface area contributed by atoms with Crippen LogP contribution in [0.15, 0.2) is 23.1 Å². The van der Waals surface area contributed by atoms with Gasteiger partial charge < -0.3 is 10.8 Å². The van der Waals surface area contributed by atoms with E-state index in [0.29, 0.717) is 0 Å². The van der Waals surface area contributed by atoms with Gasteiger partial charge in [-0.05, 0) is 18.2 Å². The molecule has 1 unspecified atom stereocenters. The monoisotopic (exact) mass is 312 g/mol. The van der Waals surface area contributed by atoms with Crippen LogP contribution in [0.1, 0.15) is 0 Å². The van der Waals surface area contributed by atoms with Gasteiger partial charge in [-0.2, -0.15) is 0 Å². The normalized spacial score (nSPS) is 13.3. The number of primary amides is 1. The van der Waals surface area contributed by atoms with Crippen LogP contribution in [0.25, 0.3) is 0 Å². The molecule has 1 rings (SSSR count). The third-order valence-electron chi connectivity index (χ3n) is 1.94. The van der Waals surface area contributed by atoms with Crippen molar-refractivity contribution < 1.29 is 18.3 Å². The predicted molar refractivity (Wildman–Crippen MR) is 66.9 cm³/mol. The van der Waals surface area contributed by atoms with E-state index in [1.54, 1.807) is 0 Å². The molecule has 100 valence electrons. The van der Waals surface area contributed by atoms with Gasteiger partial charge in [0.2, 0.25) is 15.9 Å². The van der Waals surface area contributed by atoms with Crippen LogP contribution < -0.4 is 10.5 Å². The Labute approximate surface area is 114 Å². The highest BCUT2D eigenvalue weighted by atomic mass is 35.5. The third-order valence-corrected chi connectivity index (χ3v) is 3.78. The van der Waals surface area contributed by atoms with Gasteiger partial charge in [0.25, 0.3) is 0 Å². The van der Waals surface area contributed by atoms with Crippen LogP contribution in [0.3, 0.4) is 0 Å². The summed E-state index contributed by atoms with van der Waals surface area (Å²) in [4.78, 5) is 10.4. The number of halogens is 2. The number of benzene rings is 1. The van der Waals surface area contributed by atoms with Crippen LogP contribution in [0.4, 0.5) is 0 Å². The number of hydrogen-bond acceptors (Lipinski definition) is 4. The minimum Gasteiger partial charge on any atom is -0.382 e. The van der Waals surface area contributed by atoms with Gasteiger partial charge in [-0.1, -0.05) is 23.2 Å². The third kappa shape index (κ3) is 4.11. The van der Waals surface area contributed by atoms with E-state index in [9.17, 15) is 13.2 Å². The Bertz CT molecular complexity index is 541. The average Bonchev–Trinajstić information content (AvgIpc) is 2.24. The summed E-state index contributed by atoms with van der Waals surface area (Å²) < 4.78 is 25.6. The summed E-state index contributed by atoms with van der Waals surface area (Å²) in [7, 11) is -3.92. The van der Waals surface area contributed by atoms with Gasteiger partial charge in [-0.25, -0.2) is 13.1 Å². The molecule has 0 saturated carbocycles. The Hall–Kier alpha value is -0.860. The molecule has 0 bridgehead atoms. The molecular formula is C9H10Cl2N2O4S. The van der Waals surface area contributed by atoms with Gasteiger partial charge in [0.05, 0.1) is 4.90 Å². The van der Waals surface area contributed by atoms with Crippen molar-refractivity contribution in [2.75, 3.05) is 6.54 Å². The molecule has 1 atom stereocenters. The summed E-state index contributed by atoms with van der Waals surface area (Å²) in [5.74, 6) is -1.03. The molecule has 1 amide bonds. The van der Waals surface area contributed by atoms with Crippen LogP contribution in [0, 0.1) is 0 Å². The molecule has 0 aliphatic carbocycles. The first-order chi connectivity index (χ1) is 8.22. The largest absolute Gasteiger partial charge is 0.382 e. The van der Waals surface area contributed by atoms with Crippen LogP contribution in [0.2, 0.25) is 10.0 Å². The molecule has 0 aliphatic heterocycles. The van der Waals surface area contributed by atoms with E-state index >= 15 is 0 Å². The number of carbonyl (C=O) groups is 1. The highest BCUT2D eigenvalue weighted by Crippen LogP contribution is 2.22. The van der Waals surface area contributed by atoms with Crippen molar-refractivity contribution in [2.24, 2.45) is 5.73 Å². The summed E-state index contributed by atoms with van der Waals surface area (Å²) in [6.45, 7) is -0.526. The molecule has 18 heavy (non-hydrogen) atoms.